The van der Waals surface area contributed by atoms with Crippen LogP contribution in [0.3, 0.4) is 0 Å². The minimum atomic E-state index is -0.547. The summed E-state index contributed by atoms with van der Waals surface area (Å²) >= 11 is 0. The summed E-state index contributed by atoms with van der Waals surface area (Å²) in [7, 11) is 0. The normalized spacial score (nSPS) is 15.4. The number of hydrogen-bond donors (Lipinski definition) is 0. The van der Waals surface area contributed by atoms with E-state index in [-0.39, 0.29) is 12.3 Å². The van der Waals surface area contributed by atoms with Gasteiger partial charge in [0.2, 0.25) is 0 Å². The van der Waals surface area contributed by atoms with Crippen LogP contribution < -0.4 is 15.8 Å². The maximum absolute atomic E-state index is 2.79. The molecule has 1 aromatic heterocycles. The molecule has 0 fully saturated rings. The Morgan fingerprint density at radius 3 is 1.84 bits per heavy atom. The Kier molecular flexibility index (Phi) is 6.02. The van der Waals surface area contributed by atoms with E-state index in [4.69, 9.17) is 0 Å². The van der Waals surface area contributed by atoms with Crippen LogP contribution in [0.15, 0.2) is 188 Å². The summed E-state index contributed by atoms with van der Waals surface area (Å²) in [6.45, 7) is 4.85. The van der Waals surface area contributed by atoms with Crippen LogP contribution in [0.2, 0.25) is 0 Å². The van der Waals surface area contributed by atoms with Gasteiger partial charge in [-0.2, -0.15) is 0 Å². The monoisotopic (exact) mass is 724 g/mol. The molecule has 0 saturated heterocycles. The zero-order chi connectivity index (χ0) is 37.6. The second-order valence-corrected chi connectivity index (χ2v) is 16.8. The van der Waals surface area contributed by atoms with Gasteiger partial charge < -0.3 is 9.38 Å². The third-order valence-corrected chi connectivity index (χ3v) is 13.8. The van der Waals surface area contributed by atoms with E-state index in [1.54, 1.807) is 0 Å². The van der Waals surface area contributed by atoms with Crippen LogP contribution in [-0.4, -0.2) is 11.3 Å². The molecule has 9 aromatic rings. The fraction of sp³-hybridized carbons (Fsp3) is 0.0741. The summed E-state index contributed by atoms with van der Waals surface area (Å²) in [5.41, 5.74) is 23.0. The molecule has 3 heteroatoms. The first-order valence-corrected chi connectivity index (χ1v) is 20.2. The molecule has 266 valence electrons. The minimum absolute atomic E-state index is 0.0322. The quantitative estimate of drug-likeness (QED) is 0.165. The summed E-state index contributed by atoms with van der Waals surface area (Å²) in [5.74, 6) is 0. The summed E-state index contributed by atoms with van der Waals surface area (Å²) in [6, 6.07) is 70.9. The predicted molar refractivity (Wildman–Crippen MR) is 237 cm³/mol. The minimum Gasteiger partial charge on any atom is -0.378 e. The molecule has 1 aliphatic carbocycles. The van der Waals surface area contributed by atoms with Crippen molar-refractivity contribution in [3.63, 3.8) is 0 Å². The standard InChI is InChI=1S/C54H37BN2/c1-53(2)42-27-13-12-24-39(42)48-40-26-16-25-38-41-32-35(34-18-6-3-7-19-34)33-47-49(41)55(57(50(38)40)52(48)53)45-30-17-29-44-51(45)56(47)46-31-15-14-28-43(46)54(44,36-20-8-4-9-21-36)37-22-10-5-11-23-37/h3-33H,1-2H3. The third kappa shape index (κ3) is 3.73. The van der Waals surface area contributed by atoms with Crippen molar-refractivity contribution in [3.8, 4) is 33.4 Å². The Morgan fingerprint density at radius 1 is 0.474 bits per heavy atom. The van der Waals surface area contributed by atoms with Gasteiger partial charge in [0.25, 0.3) is 0 Å². The Balaban J connectivity index is 1.23. The number of aromatic nitrogens is 1. The molecule has 0 saturated carbocycles. The van der Waals surface area contributed by atoms with Crippen LogP contribution in [0.1, 0.15) is 47.4 Å². The lowest BCUT2D eigenvalue weighted by Gasteiger charge is -2.51. The molecule has 0 unspecified atom stereocenters. The van der Waals surface area contributed by atoms with E-state index in [1.165, 1.54) is 106 Å². The summed E-state index contributed by atoms with van der Waals surface area (Å²) in [6.07, 6.45) is 0. The van der Waals surface area contributed by atoms with Crippen molar-refractivity contribution in [3.05, 3.63) is 222 Å². The first-order valence-electron chi connectivity index (χ1n) is 20.2. The molecule has 0 atom stereocenters. The molecule has 4 aliphatic rings. The van der Waals surface area contributed by atoms with Crippen LogP contribution in [0.25, 0.3) is 44.3 Å². The molecule has 13 rings (SSSR count). The Hall–Kier alpha value is -6.84. The molecule has 0 N–H and O–H groups in total. The number of hydrogen-bond acceptors (Lipinski definition) is 1. The van der Waals surface area contributed by atoms with Crippen LogP contribution in [0.5, 0.6) is 0 Å². The van der Waals surface area contributed by atoms with Crippen molar-refractivity contribution < 1.29 is 0 Å². The number of rotatable bonds is 3. The fourth-order valence-electron chi connectivity index (χ4n) is 11.7. The Morgan fingerprint density at radius 2 is 1.09 bits per heavy atom. The molecule has 0 radical (unpaired) electrons. The van der Waals surface area contributed by atoms with Crippen molar-refractivity contribution in [1.82, 2.24) is 4.48 Å². The second kappa shape index (κ2) is 10.9. The molecule has 2 nitrogen and oxygen atoms in total. The number of para-hydroxylation sites is 3. The van der Waals surface area contributed by atoms with Gasteiger partial charge in [0.15, 0.2) is 0 Å². The van der Waals surface area contributed by atoms with Gasteiger partial charge in [-0.1, -0.05) is 184 Å². The van der Waals surface area contributed by atoms with Gasteiger partial charge in [0.05, 0.1) is 11.1 Å². The average Bonchev–Trinajstić information content (AvgIpc) is 3.74. The van der Waals surface area contributed by atoms with Gasteiger partial charge in [-0.25, -0.2) is 0 Å². The third-order valence-electron chi connectivity index (χ3n) is 13.8. The van der Waals surface area contributed by atoms with E-state index in [0.717, 1.165) is 0 Å². The van der Waals surface area contributed by atoms with E-state index >= 15 is 0 Å². The number of anilines is 3. The average molecular weight is 725 g/mol. The first-order chi connectivity index (χ1) is 28.1. The van der Waals surface area contributed by atoms with E-state index in [9.17, 15) is 0 Å². The molecular weight excluding hydrogens is 687 g/mol. The summed E-state index contributed by atoms with van der Waals surface area (Å²) < 4.78 is 2.79. The van der Waals surface area contributed by atoms with E-state index in [0.29, 0.717) is 0 Å². The molecule has 3 aliphatic heterocycles. The molecule has 0 bridgehead atoms. The highest BCUT2D eigenvalue weighted by molar-refractivity contribution is 6.89. The highest BCUT2D eigenvalue weighted by Gasteiger charge is 2.53. The molecule has 4 heterocycles. The van der Waals surface area contributed by atoms with Gasteiger partial charge in [-0.05, 0) is 79.2 Å². The van der Waals surface area contributed by atoms with E-state index < -0.39 is 5.41 Å². The topological polar surface area (TPSA) is 8.17 Å². The molecule has 8 aromatic carbocycles. The van der Waals surface area contributed by atoms with Crippen molar-refractivity contribution >= 4 is 45.7 Å². The molecular formula is C54H37BN2. The van der Waals surface area contributed by atoms with Gasteiger partial charge in [0.1, 0.15) is 0 Å². The SMILES string of the molecule is CC1(C)c2ccccc2-c2c1n1c3c(cccc23)-c2cc(-c3ccccc3)cc3c2B1c1cccc2c1N3c1ccccc1C2(c1ccccc1)c1ccccc1. The first kappa shape index (κ1) is 31.4. The van der Waals surface area contributed by atoms with Gasteiger partial charge in [0, 0.05) is 44.5 Å². The number of fused-ring (bicyclic) bond motifs is 11. The smallest absolute Gasteiger partial charge is 0.332 e. The van der Waals surface area contributed by atoms with Gasteiger partial charge in [-0.3, -0.25) is 0 Å². The molecule has 0 amide bonds. The zero-order valence-electron chi connectivity index (χ0n) is 31.9. The Bertz CT molecular complexity index is 3120. The number of benzene rings is 8. The zero-order valence-corrected chi connectivity index (χ0v) is 31.9. The lowest BCUT2D eigenvalue weighted by atomic mass is 9.43. The van der Waals surface area contributed by atoms with Gasteiger partial charge >= 0.3 is 6.85 Å². The molecule has 57 heavy (non-hydrogen) atoms. The van der Waals surface area contributed by atoms with Crippen LogP contribution in [0, 0.1) is 0 Å². The van der Waals surface area contributed by atoms with Crippen molar-refractivity contribution in [1.29, 1.82) is 0 Å². The van der Waals surface area contributed by atoms with E-state index in [1.807, 2.05) is 0 Å². The largest absolute Gasteiger partial charge is 0.378 e. The Labute approximate surface area is 333 Å². The van der Waals surface area contributed by atoms with Crippen molar-refractivity contribution in [2.45, 2.75) is 24.7 Å². The van der Waals surface area contributed by atoms with Crippen molar-refractivity contribution in [2.75, 3.05) is 4.90 Å². The van der Waals surface area contributed by atoms with Gasteiger partial charge in [-0.15, -0.1) is 0 Å². The highest BCUT2D eigenvalue weighted by Crippen LogP contribution is 2.60. The highest BCUT2D eigenvalue weighted by atomic mass is 15.2. The predicted octanol–water partition coefficient (Wildman–Crippen LogP) is 11.7. The van der Waals surface area contributed by atoms with E-state index in [2.05, 4.69) is 211 Å². The fourth-order valence-corrected chi connectivity index (χ4v) is 11.7. The van der Waals surface area contributed by atoms with Crippen LogP contribution >= 0.6 is 0 Å². The second-order valence-electron chi connectivity index (χ2n) is 16.8. The lowest BCUT2D eigenvalue weighted by molar-refractivity contribution is 0.632. The molecule has 0 spiro atoms. The summed E-state index contributed by atoms with van der Waals surface area (Å²) in [4.78, 5) is 2.64. The maximum Gasteiger partial charge on any atom is 0.332 e. The maximum atomic E-state index is 2.79. The van der Waals surface area contributed by atoms with Crippen LogP contribution in [0.4, 0.5) is 17.1 Å². The van der Waals surface area contributed by atoms with Crippen LogP contribution in [-0.2, 0) is 10.8 Å². The van der Waals surface area contributed by atoms with Crippen molar-refractivity contribution in [2.24, 2.45) is 0 Å². The number of nitrogens with zero attached hydrogens (tertiary/aromatic N) is 2. The lowest BCUT2D eigenvalue weighted by Crippen LogP contribution is -2.59. The summed E-state index contributed by atoms with van der Waals surface area (Å²) in [5, 5.41) is 1.35.